The summed E-state index contributed by atoms with van der Waals surface area (Å²) in [4.78, 5) is 8.39. The van der Waals surface area contributed by atoms with Crippen molar-refractivity contribution in [2.45, 2.75) is 6.54 Å². The fourth-order valence-electron chi connectivity index (χ4n) is 1.47. The Hall–Kier alpha value is -1.94. The van der Waals surface area contributed by atoms with Gasteiger partial charge in [0.2, 0.25) is 5.88 Å². The highest BCUT2D eigenvalue weighted by molar-refractivity contribution is 5.67. The van der Waals surface area contributed by atoms with Crippen LogP contribution in [0.15, 0.2) is 36.5 Å². The maximum absolute atomic E-state index is 5.48. The molecule has 0 radical (unpaired) electrons. The standard InChI is InChI=1S/C12H13N3O/c1-16-12-10(8-14-11(7-13)15-12)9-5-3-2-4-6-9/h2-6,8H,7,13H2,1H3. The fraction of sp³-hybridized carbons (Fsp3) is 0.167. The highest BCUT2D eigenvalue weighted by Crippen LogP contribution is 2.26. The minimum atomic E-state index is 0.311. The van der Waals surface area contributed by atoms with E-state index in [9.17, 15) is 0 Å². The molecule has 0 aliphatic heterocycles. The van der Waals surface area contributed by atoms with Gasteiger partial charge < -0.3 is 10.5 Å². The van der Waals surface area contributed by atoms with Crippen LogP contribution in [-0.2, 0) is 6.54 Å². The molecule has 0 fully saturated rings. The minimum absolute atomic E-state index is 0.311. The predicted octanol–water partition coefficient (Wildman–Crippen LogP) is 1.61. The maximum atomic E-state index is 5.48. The molecule has 0 saturated carbocycles. The molecule has 0 aliphatic rings. The zero-order chi connectivity index (χ0) is 11.4. The van der Waals surface area contributed by atoms with E-state index in [1.54, 1.807) is 13.3 Å². The number of hydrogen-bond acceptors (Lipinski definition) is 4. The van der Waals surface area contributed by atoms with Gasteiger partial charge in [-0.05, 0) is 5.56 Å². The zero-order valence-corrected chi connectivity index (χ0v) is 9.05. The molecule has 0 bridgehead atoms. The highest BCUT2D eigenvalue weighted by Gasteiger charge is 2.08. The Morgan fingerprint density at radius 3 is 2.62 bits per heavy atom. The Morgan fingerprint density at radius 2 is 2.00 bits per heavy atom. The molecule has 0 amide bonds. The van der Waals surface area contributed by atoms with Gasteiger partial charge in [0.15, 0.2) is 0 Å². The summed E-state index contributed by atoms with van der Waals surface area (Å²) in [6.45, 7) is 0.311. The normalized spacial score (nSPS) is 10.1. The third kappa shape index (κ3) is 2.01. The van der Waals surface area contributed by atoms with Crippen LogP contribution in [-0.4, -0.2) is 17.1 Å². The van der Waals surface area contributed by atoms with Gasteiger partial charge in [-0.3, -0.25) is 0 Å². The molecule has 82 valence electrons. The number of benzene rings is 1. The largest absolute Gasteiger partial charge is 0.480 e. The Labute approximate surface area is 94.1 Å². The van der Waals surface area contributed by atoms with E-state index < -0.39 is 0 Å². The van der Waals surface area contributed by atoms with Crippen molar-refractivity contribution in [3.63, 3.8) is 0 Å². The van der Waals surface area contributed by atoms with Crippen LogP contribution in [0.5, 0.6) is 5.88 Å². The number of ether oxygens (including phenoxy) is 1. The molecule has 1 aromatic carbocycles. The van der Waals surface area contributed by atoms with E-state index in [4.69, 9.17) is 10.5 Å². The Morgan fingerprint density at radius 1 is 1.25 bits per heavy atom. The quantitative estimate of drug-likeness (QED) is 0.845. The first-order valence-electron chi connectivity index (χ1n) is 5.00. The van der Waals surface area contributed by atoms with Crippen LogP contribution >= 0.6 is 0 Å². The van der Waals surface area contributed by atoms with E-state index in [1.165, 1.54) is 0 Å². The van der Waals surface area contributed by atoms with E-state index in [-0.39, 0.29) is 0 Å². The van der Waals surface area contributed by atoms with E-state index in [0.29, 0.717) is 18.2 Å². The van der Waals surface area contributed by atoms with Gasteiger partial charge in [-0.25, -0.2) is 4.98 Å². The number of rotatable bonds is 3. The molecule has 16 heavy (non-hydrogen) atoms. The first-order valence-corrected chi connectivity index (χ1v) is 5.00. The van der Waals surface area contributed by atoms with Gasteiger partial charge in [0.1, 0.15) is 5.82 Å². The van der Waals surface area contributed by atoms with Gasteiger partial charge in [0, 0.05) is 6.20 Å². The molecular weight excluding hydrogens is 202 g/mol. The topological polar surface area (TPSA) is 61.0 Å². The van der Waals surface area contributed by atoms with Crippen molar-refractivity contribution < 1.29 is 4.74 Å². The highest BCUT2D eigenvalue weighted by atomic mass is 16.5. The minimum Gasteiger partial charge on any atom is -0.480 e. The fourth-order valence-corrected chi connectivity index (χ4v) is 1.47. The lowest BCUT2D eigenvalue weighted by atomic mass is 10.1. The van der Waals surface area contributed by atoms with Crippen molar-refractivity contribution in [1.82, 2.24) is 9.97 Å². The first kappa shape index (κ1) is 10.6. The average Bonchev–Trinajstić information content (AvgIpc) is 2.39. The zero-order valence-electron chi connectivity index (χ0n) is 9.05. The van der Waals surface area contributed by atoms with E-state index in [1.807, 2.05) is 30.3 Å². The number of hydrogen-bond donors (Lipinski definition) is 1. The van der Waals surface area contributed by atoms with Crippen molar-refractivity contribution in [2.75, 3.05) is 7.11 Å². The monoisotopic (exact) mass is 215 g/mol. The molecule has 2 N–H and O–H groups in total. The van der Waals surface area contributed by atoms with Crippen LogP contribution in [0.1, 0.15) is 5.82 Å². The van der Waals surface area contributed by atoms with Crippen LogP contribution in [0, 0.1) is 0 Å². The molecule has 1 aromatic heterocycles. The molecule has 4 heteroatoms. The second kappa shape index (κ2) is 4.72. The van der Waals surface area contributed by atoms with E-state index in [2.05, 4.69) is 9.97 Å². The van der Waals surface area contributed by atoms with Crippen molar-refractivity contribution in [1.29, 1.82) is 0 Å². The summed E-state index contributed by atoms with van der Waals surface area (Å²) in [5.74, 6) is 1.14. The molecule has 0 unspecified atom stereocenters. The lowest BCUT2D eigenvalue weighted by molar-refractivity contribution is 0.396. The summed E-state index contributed by atoms with van der Waals surface area (Å²) in [7, 11) is 1.59. The second-order valence-electron chi connectivity index (χ2n) is 3.28. The molecule has 0 saturated heterocycles. The Kier molecular flexibility index (Phi) is 3.12. The Bertz CT molecular complexity index is 471. The van der Waals surface area contributed by atoms with Gasteiger partial charge in [0.05, 0.1) is 19.2 Å². The average molecular weight is 215 g/mol. The summed E-state index contributed by atoms with van der Waals surface area (Å²) >= 11 is 0. The van der Waals surface area contributed by atoms with Crippen molar-refractivity contribution in [3.8, 4) is 17.0 Å². The number of aromatic nitrogens is 2. The molecular formula is C12H13N3O. The molecule has 0 spiro atoms. The number of nitrogens with zero attached hydrogens (tertiary/aromatic N) is 2. The lowest BCUT2D eigenvalue weighted by Crippen LogP contribution is -2.04. The van der Waals surface area contributed by atoms with Crippen LogP contribution in [0.4, 0.5) is 0 Å². The smallest absolute Gasteiger partial charge is 0.224 e. The van der Waals surface area contributed by atoms with Gasteiger partial charge in [-0.2, -0.15) is 4.98 Å². The summed E-state index contributed by atoms with van der Waals surface area (Å²) in [5.41, 5.74) is 7.39. The molecule has 0 aliphatic carbocycles. The third-order valence-electron chi connectivity index (χ3n) is 2.26. The van der Waals surface area contributed by atoms with Crippen molar-refractivity contribution in [2.24, 2.45) is 5.73 Å². The predicted molar refractivity (Wildman–Crippen MR) is 61.9 cm³/mol. The molecule has 2 aromatic rings. The summed E-state index contributed by atoms with van der Waals surface area (Å²) in [6.07, 6.45) is 1.74. The van der Waals surface area contributed by atoms with E-state index in [0.717, 1.165) is 11.1 Å². The third-order valence-corrected chi connectivity index (χ3v) is 2.26. The van der Waals surface area contributed by atoms with Crippen LogP contribution in [0.3, 0.4) is 0 Å². The van der Waals surface area contributed by atoms with E-state index >= 15 is 0 Å². The van der Waals surface area contributed by atoms with Crippen LogP contribution in [0.2, 0.25) is 0 Å². The lowest BCUT2D eigenvalue weighted by Gasteiger charge is -2.07. The van der Waals surface area contributed by atoms with Gasteiger partial charge in [0.25, 0.3) is 0 Å². The molecule has 0 atom stereocenters. The summed E-state index contributed by atoms with van der Waals surface area (Å²) in [5, 5.41) is 0. The summed E-state index contributed by atoms with van der Waals surface area (Å²) in [6, 6.07) is 9.87. The number of methoxy groups -OCH3 is 1. The first-order chi connectivity index (χ1) is 7.85. The SMILES string of the molecule is COc1nc(CN)ncc1-c1ccccc1. The second-order valence-corrected chi connectivity index (χ2v) is 3.28. The van der Waals surface area contributed by atoms with Crippen LogP contribution in [0.25, 0.3) is 11.1 Å². The molecule has 4 nitrogen and oxygen atoms in total. The number of nitrogens with two attached hydrogens (primary N) is 1. The van der Waals surface area contributed by atoms with Crippen LogP contribution < -0.4 is 10.5 Å². The van der Waals surface area contributed by atoms with Gasteiger partial charge >= 0.3 is 0 Å². The molecule has 1 heterocycles. The maximum Gasteiger partial charge on any atom is 0.224 e. The summed E-state index contributed by atoms with van der Waals surface area (Å²) < 4.78 is 5.24. The Balaban J connectivity index is 2.49. The van der Waals surface area contributed by atoms with Gasteiger partial charge in [-0.15, -0.1) is 0 Å². The van der Waals surface area contributed by atoms with Gasteiger partial charge in [-0.1, -0.05) is 30.3 Å². The van der Waals surface area contributed by atoms with Crippen molar-refractivity contribution in [3.05, 3.63) is 42.4 Å². The molecule has 2 rings (SSSR count). The van der Waals surface area contributed by atoms with Crippen molar-refractivity contribution >= 4 is 0 Å².